The number of H-pyrrole nitrogens is 1. The number of hydrogen-bond acceptors (Lipinski definition) is 3. The van der Waals surface area contributed by atoms with E-state index in [1.165, 1.54) is 0 Å². The number of carbonyl (C=O) groups is 1. The first-order chi connectivity index (χ1) is 8.67. The summed E-state index contributed by atoms with van der Waals surface area (Å²) in [5.74, 6) is 0.0830. The van der Waals surface area contributed by atoms with Gasteiger partial charge in [-0.25, -0.2) is 0 Å². The molecule has 1 aromatic rings. The van der Waals surface area contributed by atoms with Crippen molar-refractivity contribution in [3.8, 4) is 0 Å². The molecule has 1 aliphatic rings. The van der Waals surface area contributed by atoms with Crippen molar-refractivity contribution in [2.75, 3.05) is 6.61 Å². The molecule has 0 aliphatic heterocycles. The van der Waals surface area contributed by atoms with Gasteiger partial charge >= 0.3 is 0 Å². The van der Waals surface area contributed by atoms with Crippen molar-refractivity contribution in [3.63, 3.8) is 0 Å². The van der Waals surface area contributed by atoms with E-state index in [0.29, 0.717) is 5.69 Å². The van der Waals surface area contributed by atoms with Gasteiger partial charge in [-0.05, 0) is 25.2 Å². The predicted molar refractivity (Wildman–Crippen MR) is 68.4 cm³/mol. The zero-order valence-electron chi connectivity index (χ0n) is 11.0. The van der Waals surface area contributed by atoms with Gasteiger partial charge in [0.05, 0.1) is 12.6 Å². The minimum absolute atomic E-state index is 0.0344. The van der Waals surface area contributed by atoms with Crippen LogP contribution >= 0.6 is 0 Å². The Morgan fingerprint density at radius 1 is 1.56 bits per heavy atom. The van der Waals surface area contributed by atoms with E-state index in [-0.39, 0.29) is 24.5 Å². The molecular weight excluding hydrogens is 230 g/mol. The fourth-order valence-corrected chi connectivity index (χ4v) is 2.40. The SMILES string of the molecule is CCC(C)C(CO)NC(=O)c1n[nH]c2c1CCC2. The highest BCUT2D eigenvalue weighted by molar-refractivity contribution is 5.94. The molecule has 0 radical (unpaired) electrons. The van der Waals surface area contributed by atoms with Gasteiger partial charge in [-0.1, -0.05) is 20.3 Å². The third-order valence-corrected chi connectivity index (χ3v) is 3.87. The summed E-state index contributed by atoms with van der Waals surface area (Å²) in [5, 5.41) is 19.2. The van der Waals surface area contributed by atoms with Crippen molar-refractivity contribution in [1.82, 2.24) is 15.5 Å². The molecule has 100 valence electrons. The van der Waals surface area contributed by atoms with E-state index >= 15 is 0 Å². The number of hydrogen-bond donors (Lipinski definition) is 3. The molecule has 5 heteroatoms. The zero-order chi connectivity index (χ0) is 13.1. The topological polar surface area (TPSA) is 78.0 Å². The Balaban J connectivity index is 2.07. The summed E-state index contributed by atoms with van der Waals surface area (Å²) >= 11 is 0. The minimum atomic E-state index is -0.198. The molecule has 0 saturated heterocycles. The van der Waals surface area contributed by atoms with Gasteiger partial charge < -0.3 is 10.4 Å². The van der Waals surface area contributed by atoms with Crippen LogP contribution in [0.3, 0.4) is 0 Å². The first kappa shape index (κ1) is 13.1. The number of aliphatic hydroxyl groups excluding tert-OH is 1. The lowest BCUT2D eigenvalue weighted by atomic mass is 9.99. The number of carbonyl (C=O) groups excluding carboxylic acids is 1. The van der Waals surface area contributed by atoms with Crippen molar-refractivity contribution in [1.29, 1.82) is 0 Å². The van der Waals surface area contributed by atoms with Crippen molar-refractivity contribution >= 4 is 5.91 Å². The van der Waals surface area contributed by atoms with Crippen LogP contribution in [0.4, 0.5) is 0 Å². The van der Waals surface area contributed by atoms with Crippen LogP contribution in [-0.2, 0) is 12.8 Å². The van der Waals surface area contributed by atoms with E-state index in [9.17, 15) is 9.90 Å². The molecule has 0 saturated carbocycles. The number of fused-ring (bicyclic) bond motifs is 1. The van der Waals surface area contributed by atoms with Gasteiger partial charge in [-0.3, -0.25) is 9.89 Å². The van der Waals surface area contributed by atoms with Crippen molar-refractivity contribution < 1.29 is 9.90 Å². The molecule has 5 nitrogen and oxygen atoms in total. The lowest BCUT2D eigenvalue weighted by Gasteiger charge is -2.21. The number of amides is 1. The minimum Gasteiger partial charge on any atom is -0.394 e. The lowest BCUT2D eigenvalue weighted by Crippen LogP contribution is -2.42. The van der Waals surface area contributed by atoms with E-state index in [4.69, 9.17) is 0 Å². The molecule has 1 heterocycles. The monoisotopic (exact) mass is 251 g/mol. The quantitative estimate of drug-likeness (QED) is 0.731. The van der Waals surface area contributed by atoms with E-state index < -0.39 is 0 Å². The zero-order valence-corrected chi connectivity index (χ0v) is 11.0. The third-order valence-electron chi connectivity index (χ3n) is 3.87. The summed E-state index contributed by atoms with van der Waals surface area (Å²) in [7, 11) is 0. The van der Waals surface area contributed by atoms with Gasteiger partial charge in [0.15, 0.2) is 5.69 Å². The lowest BCUT2D eigenvalue weighted by molar-refractivity contribution is 0.0885. The van der Waals surface area contributed by atoms with E-state index in [0.717, 1.165) is 36.9 Å². The summed E-state index contributed by atoms with van der Waals surface area (Å²) in [4.78, 5) is 12.2. The molecule has 0 spiro atoms. The van der Waals surface area contributed by atoms with Gasteiger partial charge in [0.1, 0.15) is 0 Å². The summed E-state index contributed by atoms with van der Waals surface area (Å²) < 4.78 is 0. The number of nitrogens with one attached hydrogen (secondary N) is 2. The standard InChI is InChI=1S/C13H21N3O2/c1-3-8(2)11(7-17)14-13(18)12-9-5-4-6-10(9)15-16-12/h8,11,17H,3-7H2,1-2H3,(H,14,18)(H,15,16). The number of rotatable bonds is 5. The van der Waals surface area contributed by atoms with Crippen LogP contribution < -0.4 is 5.32 Å². The average Bonchev–Trinajstić information content (AvgIpc) is 2.96. The maximum Gasteiger partial charge on any atom is 0.272 e. The number of nitrogens with zero attached hydrogens (tertiary/aromatic N) is 1. The maximum atomic E-state index is 12.2. The first-order valence-corrected chi connectivity index (χ1v) is 6.65. The molecule has 1 aliphatic carbocycles. The Hall–Kier alpha value is -1.36. The molecule has 1 amide bonds. The van der Waals surface area contributed by atoms with Crippen LogP contribution in [0.1, 0.15) is 48.4 Å². The highest BCUT2D eigenvalue weighted by Gasteiger charge is 2.25. The summed E-state index contributed by atoms with van der Waals surface area (Å²) in [5.41, 5.74) is 2.64. The molecule has 1 aromatic heterocycles. The average molecular weight is 251 g/mol. The number of aliphatic hydroxyl groups is 1. The Labute approximate surface area is 107 Å². The Bertz CT molecular complexity index is 428. The van der Waals surface area contributed by atoms with Crippen LogP contribution in [0.5, 0.6) is 0 Å². The second-order valence-electron chi connectivity index (χ2n) is 5.03. The summed E-state index contributed by atoms with van der Waals surface area (Å²) in [6, 6.07) is -0.198. The molecule has 2 atom stereocenters. The van der Waals surface area contributed by atoms with Crippen LogP contribution in [0, 0.1) is 5.92 Å². The maximum absolute atomic E-state index is 12.2. The number of aromatic amines is 1. The highest BCUT2D eigenvalue weighted by Crippen LogP contribution is 2.22. The van der Waals surface area contributed by atoms with Gasteiger partial charge in [0.2, 0.25) is 0 Å². The second-order valence-corrected chi connectivity index (χ2v) is 5.03. The van der Waals surface area contributed by atoms with Crippen molar-refractivity contribution in [2.24, 2.45) is 5.92 Å². The second kappa shape index (κ2) is 5.52. The molecule has 0 fully saturated rings. The largest absolute Gasteiger partial charge is 0.394 e. The van der Waals surface area contributed by atoms with Crippen LogP contribution in [0.25, 0.3) is 0 Å². The summed E-state index contributed by atoms with van der Waals surface area (Å²) in [6.45, 7) is 4.04. The van der Waals surface area contributed by atoms with Crippen molar-refractivity contribution in [2.45, 2.75) is 45.6 Å². The normalized spacial score (nSPS) is 17.3. The first-order valence-electron chi connectivity index (χ1n) is 6.65. The summed E-state index contributed by atoms with van der Waals surface area (Å²) in [6.07, 6.45) is 3.90. The molecule has 2 unspecified atom stereocenters. The predicted octanol–water partition coefficient (Wildman–Crippen LogP) is 1.04. The smallest absolute Gasteiger partial charge is 0.272 e. The Morgan fingerprint density at radius 3 is 3.00 bits per heavy atom. The fraction of sp³-hybridized carbons (Fsp3) is 0.692. The number of aromatic nitrogens is 2. The van der Waals surface area contributed by atoms with Gasteiger partial charge in [-0.15, -0.1) is 0 Å². The fourth-order valence-electron chi connectivity index (χ4n) is 2.40. The van der Waals surface area contributed by atoms with Gasteiger partial charge in [-0.2, -0.15) is 5.10 Å². The van der Waals surface area contributed by atoms with Crippen LogP contribution in [-0.4, -0.2) is 33.9 Å². The van der Waals surface area contributed by atoms with E-state index in [1.807, 2.05) is 13.8 Å². The Morgan fingerprint density at radius 2 is 2.33 bits per heavy atom. The number of aryl methyl sites for hydroxylation is 1. The van der Waals surface area contributed by atoms with E-state index in [1.54, 1.807) is 0 Å². The molecule has 2 rings (SSSR count). The van der Waals surface area contributed by atoms with Gasteiger partial charge in [0.25, 0.3) is 5.91 Å². The van der Waals surface area contributed by atoms with E-state index in [2.05, 4.69) is 15.5 Å². The molecule has 0 aromatic carbocycles. The molecule has 3 N–H and O–H groups in total. The molecule has 18 heavy (non-hydrogen) atoms. The molecular formula is C13H21N3O2. The molecule has 0 bridgehead atoms. The highest BCUT2D eigenvalue weighted by atomic mass is 16.3. The van der Waals surface area contributed by atoms with Gasteiger partial charge in [0, 0.05) is 11.3 Å². The van der Waals surface area contributed by atoms with Crippen LogP contribution in [0.15, 0.2) is 0 Å². The van der Waals surface area contributed by atoms with Crippen molar-refractivity contribution in [3.05, 3.63) is 17.0 Å². The Kier molecular flexibility index (Phi) is 4.01. The third kappa shape index (κ3) is 2.41. The van der Waals surface area contributed by atoms with Crippen LogP contribution in [0.2, 0.25) is 0 Å².